The molecule has 1 aromatic carbocycles. The second-order valence-electron chi connectivity index (χ2n) is 4.82. The maximum atomic E-state index is 12.4. The van der Waals surface area contributed by atoms with Crippen LogP contribution < -0.4 is 5.32 Å². The zero-order valence-electron chi connectivity index (χ0n) is 12.3. The van der Waals surface area contributed by atoms with Gasteiger partial charge in [-0.3, -0.25) is 20.2 Å². The molecule has 6 nitrogen and oxygen atoms in total. The van der Waals surface area contributed by atoms with Gasteiger partial charge in [-0.2, -0.15) is 0 Å². The number of para-hydroxylation sites is 1. The lowest BCUT2D eigenvalue weighted by molar-refractivity contribution is -0.385. The van der Waals surface area contributed by atoms with Gasteiger partial charge in [0.05, 0.1) is 19.8 Å². The molecule has 0 aliphatic carbocycles. The van der Waals surface area contributed by atoms with Gasteiger partial charge in [-0.05, 0) is 25.1 Å². The molecule has 0 fully saturated rings. The maximum absolute atomic E-state index is 12.4. The minimum Gasteiger partial charge on any atom is -0.298 e. The van der Waals surface area contributed by atoms with E-state index in [1.165, 1.54) is 28.7 Å². The molecule has 2 aromatic heterocycles. The number of carbonyl (C=O) groups is 1. The zero-order chi connectivity index (χ0) is 17.3. The SMILES string of the molecule is Cc1cccc(C(=O)Nc2nc(-c3ccc(Cl)s3)cs2)c1[N+](=O)[O-]. The summed E-state index contributed by atoms with van der Waals surface area (Å²) in [5.74, 6) is -0.560. The molecule has 0 aliphatic heterocycles. The van der Waals surface area contributed by atoms with Crippen molar-refractivity contribution in [3.05, 3.63) is 61.3 Å². The Morgan fingerprint density at radius 1 is 1.33 bits per heavy atom. The number of nitrogens with one attached hydrogen (secondary N) is 1. The van der Waals surface area contributed by atoms with Crippen LogP contribution in [0.3, 0.4) is 0 Å². The Kier molecular flexibility index (Phi) is 4.61. The Morgan fingerprint density at radius 2 is 2.12 bits per heavy atom. The molecule has 1 amide bonds. The van der Waals surface area contributed by atoms with E-state index in [1.807, 2.05) is 6.07 Å². The zero-order valence-corrected chi connectivity index (χ0v) is 14.7. The number of hydrogen-bond donors (Lipinski definition) is 1. The van der Waals surface area contributed by atoms with Crippen LogP contribution in [0.25, 0.3) is 10.6 Å². The van der Waals surface area contributed by atoms with Crippen molar-refractivity contribution in [3.8, 4) is 10.6 Å². The standard InChI is InChI=1S/C15H10ClN3O3S2/c1-8-3-2-4-9(13(8)19(21)22)14(20)18-15-17-10(7-23-15)11-5-6-12(16)24-11/h2-7H,1H3,(H,17,18,20). The fourth-order valence-electron chi connectivity index (χ4n) is 2.15. The molecule has 122 valence electrons. The minimum absolute atomic E-state index is 0.0101. The van der Waals surface area contributed by atoms with E-state index in [0.717, 1.165) is 4.88 Å². The van der Waals surface area contributed by atoms with E-state index in [0.29, 0.717) is 20.7 Å². The van der Waals surface area contributed by atoms with E-state index in [1.54, 1.807) is 30.5 Å². The lowest BCUT2D eigenvalue weighted by Crippen LogP contribution is -2.14. The monoisotopic (exact) mass is 379 g/mol. The third-order valence-corrected chi connectivity index (χ3v) is 5.23. The molecule has 0 aliphatic rings. The molecule has 3 aromatic rings. The van der Waals surface area contributed by atoms with Crippen LogP contribution in [0, 0.1) is 17.0 Å². The maximum Gasteiger partial charge on any atom is 0.285 e. The van der Waals surface area contributed by atoms with Crippen molar-refractivity contribution in [2.45, 2.75) is 6.92 Å². The molecule has 0 spiro atoms. The smallest absolute Gasteiger partial charge is 0.285 e. The first-order valence-corrected chi connectivity index (χ1v) is 8.79. The van der Waals surface area contributed by atoms with Gasteiger partial charge in [-0.1, -0.05) is 23.7 Å². The van der Waals surface area contributed by atoms with Crippen LogP contribution in [0.5, 0.6) is 0 Å². The average molecular weight is 380 g/mol. The van der Waals surface area contributed by atoms with Crippen molar-refractivity contribution in [2.24, 2.45) is 0 Å². The van der Waals surface area contributed by atoms with Gasteiger partial charge in [0.25, 0.3) is 11.6 Å². The molecule has 0 radical (unpaired) electrons. The van der Waals surface area contributed by atoms with Crippen molar-refractivity contribution < 1.29 is 9.72 Å². The van der Waals surface area contributed by atoms with Gasteiger partial charge in [0.15, 0.2) is 5.13 Å². The van der Waals surface area contributed by atoms with E-state index >= 15 is 0 Å². The summed E-state index contributed by atoms with van der Waals surface area (Å²) in [6, 6.07) is 8.25. The van der Waals surface area contributed by atoms with E-state index < -0.39 is 10.8 Å². The number of aryl methyl sites for hydroxylation is 1. The Hall–Kier alpha value is -2.29. The highest BCUT2D eigenvalue weighted by Crippen LogP contribution is 2.33. The molecule has 1 N–H and O–H groups in total. The largest absolute Gasteiger partial charge is 0.298 e. The number of anilines is 1. The van der Waals surface area contributed by atoms with E-state index in [2.05, 4.69) is 10.3 Å². The van der Waals surface area contributed by atoms with Crippen LogP contribution in [0.15, 0.2) is 35.7 Å². The first-order valence-electron chi connectivity index (χ1n) is 6.72. The highest BCUT2D eigenvalue weighted by Gasteiger charge is 2.23. The van der Waals surface area contributed by atoms with Crippen LogP contribution in [0.2, 0.25) is 4.34 Å². The van der Waals surface area contributed by atoms with E-state index in [9.17, 15) is 14.9 Å². The second-order valence-corrected chi connectivity index (χ2v) is 7.40. The number of hydrogen-bond acceptors (Lipinski definition) is 6. The Balaban J connectivity index is 1.85. The number of carbonyl (C=O) groups excluding carboxylic acids is 1. The number of aromatic nitrogens is 1. The van der Waals surface area contributed by atoms with Gasteiger partial charge in [0.2, 0.25) is 0 Å². The molecule has 0 saturated carbocycles. The fourth-order valence-corrected chi connectivity index (χ4v) is 3.93. The predicted octanol–water partition coefficient (Wildman–Crippen LogP) is 4.99. The molecule has 3 rings (SSSR count). The van der Waals surface area contributed by atoms with Crippen LogP contribution in [-0.2, 0) is 0 Å². The van der Waals surface area contributed by atoms with E-state index in [-0.39, 0.29) is 11.3 Å². The normalized spacial score (nSPS) is 10.6. The number of thiophene rings is 1. The van der Waals surface area contributed by atoms with Crippen molar-refractivity contribution in [2.75, 3.05) is 5.32 Å². The van der Waals surface area contributed by atoms with Gasteiger partial charge < -0.3 is 0 Å². The number of thiazole rings is 1. The molecule has 9 heteroatoms. The van der Waals surface area contributed by atoms with Crippen LogP contribution in [0.1, 0.15) is 15.9 Å². The average Bonchev–Trinajstić information content (AvgIpc) is 3.15. The van der Waals surface area contributed by atoms with Gasteiger partial charge in [0.1, 0.15) is 5.56 Å². The summed E-state index contributed by atoms with van der Waals surface area (Å²) in [5.41, 5.74) is 0.944. The molecule has 0 bridgehead atoms. The molecule has 2 heterocycles. The number of amides is 1. The molecule has 0 saturated heterocycles. The molecule has 0 atom stereocenters. The number of halogens is 1. The predicted molar refractivity (Wildman–Crippen MR) is 96.2 cm³/mol. The Morgan fingerprint density at radius 3 is 2.79 bits per heavy atom. The van der Waals surface area contributed by atoms with Crippen molar-refractivity contribution in [1.29, 1.82) is 0 Å². The summed E-state index contributed by atoms with van der Waals surface area (Å²) in [7, 11) is 0. The first-order chi connectivity index (χ1) is 11.5. The number of rotatable bonds is 4. The van der Waals surface area contributed by atoms with Crippen LogP contribution in [-0.4, -0.2) is 15.8 Å². The number of nitrogens with zero attached hydrogens (tertiary/aromatic N) is 2. The number of nitro groups is 1. The quantitative estimate of drug-likeness (QED) is 0.511. The third-order valence-electron chi connectivity index (χ3n) is 3.22. The second kappa shape index (κ2) is 6.68. The van der Waals surface area contributed by atoms with Crippen LogP contribution in [0.4, 0.5) is 10.8 Å². The highest BCUT2D eigenvalue weighted by molar-refractivity contribution is 7.20. The van der Waals surface area contributed by atoms with Crippen LogP contribution >= 0.6 is 34.3 Å². The molecular formula is C15H10ClN3O3S2. The van der Waals surface area contributed by atoms with Crippen molar-refractivity contribution in [3.63, 3.8) is 0 Å². The summed E-state index contributed by atoms with van der Waals surface area (Å²) < 4.78 is 0.652. The minimum atomic E-state index is -0.560. The summed E-state index contributed by atoms with van der Waals surface area (Å²) in [4.78, 5) is 28.2. The first kappa shape index (κ1) is 16.6. The lowest BCUT2D eigenvalue weighted by Gasteiger charge is -2.04. The van der Waals surface area contributed by atoms with Gasteiger partial charge in [-0.25, -0.2) is 4.98 Å². The summed E-state index contributed by atoms with van der Waals surface area (Å²) in [5, 5.41) is 16.0. The van der Waals surface area contributed by atoms with Gasteiger partial charge in [0, 0.05) is 10.9 Å². The highest BCUT2D eigenvalue weighted by atomic mass is 35.5. The van der Waals surface area contributed by atoms with Crippen molar-refractivity contribution in [1.82, 2.24) is 4.98 Å². The Bertz CT molecular complexity index is 936. The Labute approximate surface area is 149 Å². The molecule has 0 unspecified atom stereocenters. The van der Waals surface area contributed by atoms with Gasteiger partial charge in [-0.15, -0.1) is 22.7 Å². The fraction of sp³-hybridized carbons (Fsp3) is 0.0667. The number of benzene rings is 1. The number of nitro benzene ring substituents is 1. The molecular weight excluding hydrogens is 370 g/mol. The topological polar surface area (TPSA) is 85.1 Å². The molecule has 24 heavy (non-hydrogen) atoms. The lowest BCUT2D eigenvalue weighted by atomic mass is 10.1. The summed E-state index contributed by atoms with van der Waals surface area (Å²) in [6.45, 7) is 1.59. The third kappa shape index (κ3) is 3.30. The summed E-state index contributed by atoms with van der Waals surface area (Å²) >= 11 is 8.53. The van der Waals surface area contributed by atoms with Gasteiger partial charge >= 0.3 is 0 Å². The summed E-state index contributed by atoms with van der Waals surface area (Å²) in [6.07, 6.45) is 0. The van der Waals surface area contributed by atoms with Crippen molar-refractivity contribution >= 4 is 51.0 Å². The van der Waals surface area contributed by atoms with E-state index in [4.69, 9.17) is 11.6 Å².